The number of carbonyl (C=O) groups is 1. The van der Waals surface area contributed by atoms with Gasteiger partial charge in [0.05, 0.1) is 0 Å². The van der Waals surface area contributed by atoms with Gasteiger partial charge in [-0.1, -0.05) is 60.0 Å². The molecular formula is C16H30O2. The third-order valence-corrected chi connectivity index (χ3v) is 3.13. The molecule has 1 atom stereocenters. The summed E-state index contributed by atoms with van der Waals surface area (Å²) in [7, 11) is 0. The lowest BCUT2D eigenvalue weighted by Crippen LogP contribution is -2.31. The van der Waals surface area contributed by atoms with Gasteiger partial charge in [0.1, 0.15) is 6.10 Å². The summed E-state index contributed by atoms with van der Waals surface area (Å²) in [5.74, 6) is -0.261. The van der Waals surface area contributed by atoms with E-state index in [0.717, 1.165) is 12.8 Å². The van der Waals surface area contributed by atoms with Gasteiger partial charge in [-0.3, -0.25) is 0 Å². The fourth-order valence-corrected chi connectivity index (χ4v) is 1.83. The summed E-state index contributed by atoms with van der Waals surface area (Å²) in [6, 6.07) is 0. The van der Waals surface area contributed by atoms with Crippen molar-refractivity contribution >= 4 is 5.97 Å². The van der Waals surface area contributed by atoms with Gasteiger partial charge in [0.25, 0.3) is 0 Å². The number of unbranched alkanes of at least 4 members (excludes halogenated alkanes) is 4. The summed E-state index contributed by atoms with van der Waals surface area (Å²) in [6.07, 6.45) is 7.13. The van der Waals surface area contributed by atoms with Crippen molar-refractivity contribution in [3.63, 3.8) is 0 Å². The molecule has 0 bridgehead atoms. The Kier molecular flexibility index (Phi) is 7.97. The number of esters is 1. The van der Waals surface area contributed by atoms with Gasteiger partial charge in [0.2, 0.25) is 0 Å². The lowest BCUT2D eigenvalue weighted by atomic mass is 9.85. The first-order valence-corrected chi connectivity index (χ1v) is 7.15. The summed E-state index contributed by atoms with van der Waals surface area (Å²) < 4.78 is 5.54. The number of hydrogen-bond donors (Lipinski definition) is 0. The molecule has 0 saturated carbocycles. The molecule has 0 aromatic rings. The molecule has 106 valence electrons. The van der Waals surface area contributed by atoms with Crippen molar-refractivity contribution < 1.29 is 9.53 Å². The Morgan fingerprint density at radius 3 is 2.17 bits per heavy atom. The molecule has 0 rings (SSSR count). The maximum absolute atomic E-state index is 11.6. The number of ether oxygens (including phenoxy) is 1. The first kappa shape index (κ1) is 17.2. The zero-order valence-corrected chi connectivity index (χ0v) is 12.8. The minimum atomic E-state index is -0.261. The lowest BCUT2D eigenvalue weighted by Gasteiger charge is -2.30. The van der Waals surface area contributed by atoms with Crippen molar-refractivity contribution in [3.8, 4) is 0 Å². The van der Waals surface area contributed by atoms with Crippen molar-refractivity contribution in [1.29, 1.82) is 0 Å². The van der Waals surface area contributed by atoms with Crippen molar-refractivity contribution in [1.82, 2.24) is 0 Å². The van der Waals surface area contributed by atoms with Crippen molar-refractivity contribution in [3.05, 3.63) is 12.2 Å². The lowest BCUT2D eigenvalue weighted by molar-refractivity contribution is -0.150. The molecular weight excluding hydrogens is 224 g/mol. The summed E-state index contributed by atoms with van der Waals surface area (Å²) in [6.45, 7) is 13.9. The summed E-state index contributed by atoms with van der Waals surface area (Å²) in [5, 5.41) is 0. The number of carbonyl (C=O) groups excluding carboxylic acids is 1. The third-order valence-electron chi connectivity index (χ3n) is 3.13. The number of rotatable bonds is 8. The molecule has 0 spiro atoms. The van der Waals surface area contributed by atoms with E-state index in [-0.39, 0.29) is 17.5 Å². The maximum Gasteiger partial charge on any atom is 0.333 e. The van der Waals surface area contributed by atoms with E-state index < -0.39 is 0 Å². The Hall–Kier alpha value is -0.790. The van der Waals surface area contributed by atoms with E-state index in [4.69, 9.17) is 4.74 Å². The standard InChI is InChI=1S/C16H30O2/c1-7-8-9-10-11-12-14(16(4,5)6)18-15(17)13(2)3/h14H,2,7-12H2,1,3-6H3. The Balaban J connectivity index is 4.17. The molecule has 0 saturated heterocycles. The van der Waals surface area contributed by atoms with Crippen molar-refractivity contribution in [2.24, 2.45) is 5.41 Å². The van der Waals surface area contributed by atoms with E-state index in [9.17, 15) is 4.79 Å². The quantitative estimate of drug-likeness (QED) is 0.350. The molecule has 0 aliphatic rings. The highest BCUT2D eigenvalue weighted by molar-refractivity contribution is 5.87. The second kappa shape index (κ2) is 8.34. The van der Waals surface area contributed by atoms with Crippen LogP contribution >= 0.6 is 0 Å². The van der Waals surface area contributed by atoms with E-state index in [1.54, 1.807) is 6.92 Å². The molecule has 0 N–H and O–H groups in total. The van der Waals surface area contributed by atoms with Crippen LogP contribution in [0.15, 0.2) is 12.2 Å². The Morgan fingerprint density at radius 2 is 1.72 bits per heavy atom. The van der Waals surface area contributed by atoms with Crippen LogP contribution in [-0.4, -0.2) is 12.1 Å². The van der Waals surface area contributed by atoms with Gasteiger partial charge in [-0.05, 0) is 25.2 Å². The smallest absolute Gasteiger partial charge is 0.333 e. The summed E-state index contributed by atoms with van der Waals surface area (Å²) in [4.78, 5) is 11.6. The fraction of sp³-hybridized carbons (Fsp3) is 0.812. The molecule has 0 aromatic carbocycles. The highest BCUT2D eigenvalue weighted by Crippen LogP contribution is 2.27. The van der Waals surface area contributed by atoms with Crippen LogP contribution in [0.5, 0.6) is 0 Å². The van der Waals surface area contributed by atoms with Gasteiger partial charge < -0.3 is 4.74 Å². The minimum Gasteiger partial charge on any atom is -0.458 e. The van der Waals surface area contributed by atoms with E-state index >= 15 is 0 Å². The van der Waals surface area contributed by atoms with Crippen LogP contribution < -0.4 is 0 Å². The van der Waals surface area contributed by atoms with E-state index in [2.05, 4.69) is 34.3 Å². The largest absolute Gasteiger partial charge is 0.458 e. The van der Waals surface area contributed by atoms with E-state index in [1.165, 1.54) is 25.7 Å². The first-order chi connectivity index (χ1) is 8.29. The molecule has 2 heteroatoms. The molecule has 2 nitrogen and oxygen atoms in total. The molecule has 1 unspecified atom stereocenters. The molecule has 0 aliphatic carbocycles. The van der Waals surface area contributed by atoms with Gasteiger partial charge in [-0.25, -0.2) is 4.79 Å². The molecule has 0 radical (unpaired) electrons. The molecule has 0 aliphatic heterocycles. The maximum atomic E-state index is 11.6. The molecule has 0 aromatic heterocycles. The van der Waals surface area contributed by atoms with Gasteiger partial charge in [0, 0.05) is 5.57 Å². The van der Waals surface area contributed by atoms with Crippen molar-refractivity contribution in [2.75, 3.05) is 0 Å². The summed E-state index contributed by atoms with van der Waals surface area (Å²) >= 11 is 0. The van der Waals surface area contributed by atoms with Crippen LogP contribution in [0.25, 0.3) is 0 Å². The topological polar surface area (TPSA) is 26.3 Å². The Bertz CT molecular complexity index is 261. The van der Waals surface area contributed by atoms with Gasteiger partial charge in [0.15, 0.2) is 0 Å². The van der Waals surface area contributed by atoms with Gasteiger partial charge in [-0.15, -0.1) is 0 Å². The predicted octanol–water partition coefficient (Wildman–Crippen LogP) is 4.88. The van der Waals surface area contributed by atoms with E-state index in [1.807, 2.05) is 0 Å². The first-order valence-electron chi connectivity index (χ1n) is 7.15. The molecule has 0 fully saturated rings. The zero-order chi connectivity index (χ0) is 14.2. The SMILES string of the molecule is C=C(C)C(=O)OC(CCCCCCC)C(C)(C)C. The Labute approximate surface area is 113 Å². The van der Waals surface area contributed by atoms with Gasteiger partial charge in [-0.2, -0.15) is 0 Å². The third kappa shape index (κ3) is 7.52. The van der Waals surface area contributed by atoms with Crippen LogP contribution in [-0.2, 0) is 9.53 Å². The molecule has 0 amide bonds. The molecule has 18 heavy (non-hydrogen) atoms. The van der Waals surface area contributed by atoms with Crippen LogP contribution in [0.3, 0.4) is 0 Å². The predicted molar refractivity (Wildman–Crippen MR) is 77.5 cm³/mol. The normalized spacial score (nSPS) is 13.2. The summed E-state index contributed by atoms with van der Waals surface area (Å²) in [5.41, 5.74) is 0.478. The van der Waals surface area contributed by atoms with Crippen LogP contribution in [0, 0.1) is 5.41 Å². The average Bonchev–Trinajstić information content (AvgIpc) is 2.25. The van der Waals surface area contributed by atoms with Crippen molar-refractivity contribution in [2.45, 2.75) is 79.2 Å². The molecule has 0 heterocycles. The van der Waals surface area contributed by atoms with Crippen LogP contribution in [0.4, 0.5) is 0 Å². The Morgan fingerprint density at radius 1 is 1.17 bits per heavy atom. The van der Waals surface area contributed by atoms with E-state index in [0.29, 0.717) is 5.57 Å². The zero-order valence-electron chi connectivity index (χ0n) is 12.8. The number of hydrogen-bond acceptors (Lipinski definition) is 2. The second-order valence-corrected chi connectivity index (χ2v) is 6.24. The van der Waals surface area contributed by atoms with Crippen LogP contribution in [0.2, 0.25) is 0 Å². The highest BCUT2D eigenvalue weighted by atomic mass is 16.5. The highest BCUT2D eigenvalue weighted by Gasteiger charge is 2.27. The fourth-order valence-electron chi connectivity index (χ4n) is 1.83. The van der Waals surface area contributed by atoms with Crippen LogP contribution in [0.1, 0.15) is 73.1 Å². The van der Waals surface area contributed by atoms with Gasteiger partial charge >= 0.3 is 5.97 Å². The second-order valence-electron chi connectivity index (χ2n) is 6.24. The monoisotopic (exact) mass is 254 g/mol. The minimum absolute atomic E-state index is 0.00410. The average molecular weight is 254 g/mol.